The molecule has 11 heteroatoms. The highest BCUT2D eigenvalue weighted by atomic mass is 32.2. The van der Waals surface area contributed by atoms with Crippen molar-refractivity contribution in [1.29, 1.82) is 0 Å². The van der Waals surface area contributed by atoms with Crippen LogP contribution in [0.5, 0.6) is 5.75 Å². The van der Waals surface area contributed by atoms with Crippen LogP contribution < -0.4 is 14.8 Å². The van der Waals surface area contributed by atoms with Crippen molar-refractivity contribution in [3.8, 4) is 5.75 Å². The smallest absolute Gasteiger partial charge is 0.317 e. The molecule has 0 radical (unpaired) electrons. The Labute approximate surface area is 190 Å². The number of nitrogens with one attached hydrogen (secondary N) is 2. The molecule has 0 saturated heterocycles. The summed E-state index contributed by atoms with van der Waals surface area (Å²) >= 11 is 0. The van der Waals surface area contributed by atoms with Gasteiger partial charge in [0, 0.05) is 31.2 Å². The lowest BCUT2D eigenvalue weighted by molar-refractivity contribution is 0.0366. The van der Waals surface area contributed by atoms with E-state index >= 15 is 0 Å². The monoisotopic (exact) mass is 470 g/mol. The van der Waals surface area contributed by atoms with Crippen LogP contribution in [0.4, 0.5) is 10.5 Å². The maximum atomic E-state index is 13.3. The van der Waals surface area contributed by atoms with E-state index in [-0.39, 0.29) is 48.3 Å². The Kier molecular flexibility index (Phi) is 8.35. The predicted octanol–water partition coefficient (Wildman–Crippen LogP) is 1.33. The van der Waals surface area contributed by atoms with Crippen LogP contribution >= 0.6 is 0 Å². The normalized spacial score (nSPS) is 20.0. The van der Waals surface area contributed by atoms with Crippen LogP contribution in [0.2, 0.25) is 0 Å². The standard InChI is InChI=1S/C21H34N4O6S/c1-13(2)22-21(28)24(5)11-19-14(3)10-25(15(4)12-26)20(27)17-9-16(23-32(6,29)30)7-8-18(17)31-19/h7-9,13-15,19,23,26H,10-12H2,1-6H3,(H,22,28)/t14-,15+,19-/m1/s1. The topological polar surface area (TPSA) is 128 Å². The summed E-state index contributed by atoms with van der Waals surface area (Å²) in [5, 5.41) is 12.5. The quantitative estimate of drug-likeness (QED) is 0.552. The van der Waals surface area contributed by atoms with E-state index in [0.717, 1.165) is 6.26 Å². The van der Waals surface area contributed by atoms with Crippen molar-refractivity contribution < 1.29 is 27.9 Å². The van der Waals surface area contributed by atoms with Crippen molar-refractivity contribution in [2.45, 2.75) is 45.9 Å². The third-order valence-electron chi connectivity index (χ3n) is 5.18. The Bertz CT molecular complexity index is 936. The van der Waals surface area contributed by atoms with Gasteiger partial charge < -0.3 is 25.0 Å². The first kappa shape index (κ1) is 25.7. The van der Waals surface area contributed by atoms with Crippen molar-refractivity contribution in [1.82, 2.24) is 15.1 Å². The second-order valence-electron chi connectivity index (χ2n) is 8.69. The van der Waals surface area contributed by atoms with E-state index in [4.69, 9.17) is 4.74 Å². The zero-order chi connectivity index (χ0) is 24.2. The first-order chi connectivity index (χ1) is 14.8. The molecule has 1 aromatic rings. The molecule has 1 aliphatic heterocycles. The second-order valence-corrected chi connectivity index (χ2v) is 10.4. The number of amides is 3. The lowest BCUT2D eigenvalue weighted by Crippen LogP contribution is -2.51. The van der Waals surface area contributed by atoms with Gasteiger partial charge in [-0.05, 0) is 39.0 Å². The lowest BCUT2D eigenvalue weighted by Gasteiger charge is -2.38. The summed E-state index contributed by atoms with van der Waals surface area (Å²) in [6, 6.07) is 3.79. The highest BCUT2D eigenvalue weighted by Gasteiger charge is 2.34. The van der Waals surface area contributed by atoms with Crippen molar-refractivity contribution >= 4 is 27.6 Å². The number of sulfonamides is 1. The molecule has 1 aliphatic rings. The highest BCUT2D eigenvalue weighted by Crippen LogP contribution is 2.30. The van der Waals surface area contributed by atoms with Crippen molar-refractivity contribution in [2.75, 3.05) is 37.7 Å². The minimum atomic E-state index is -3.53. The number of carbonyl (C=O) groups excluding carboxylic acids is 2. The Morgan fingerprint density at radius 1 is 1.34 bits per heavy atom. The van der Waals surface area contributed by atoms with Gasteiger partial charge in [-0.1, -0.05) is 6.92 Å². The maximum absolute atomic E-state index is 13.3. The minimum absolute atomic E-state index is 0.0133. The number of aliphatic hydroxyl groups is 1. The van der Waals surface area contributed by atoms with Crippen LogP contribution in [0.15, 0.2) is 18.2 Å². The number of urea groups is 1. The van der Waals surface area contributed by atoms with Gasteiger partial charge in [0.05, 0.1) is 31.0 Å². The van der Waals surface area contributed by atoms with Gasteiger partial charge in [0.25, 0.3) is 5.91 Å². The van der Waals surface area contributed by atoms with Crippen LogP contribution in [0.3, 0.4) is 0 Å². The number of hydrogen-bond donors (Lipinski definition) is 3. The Hall–Kier alpha value is -2.53. The molecule has 3 atom stereocenters. The predicted molar refractivity (Wildman–Crippen MR) is 122 cm³/mol. The number of benzene rings is 1. The zero-order valence-electron chi connectivity index (χ0n) is 19.5. The number of hydrogen-bond acceptors (Lipinski definition) is 6. The molecule has 0 bridgehead atoms. The van der Waals surface area contributed by atoms with Gasteiger partial charge in [-0.25, -0.2) is 13.2 Å². The fraction of sp³-hybridized carbons (Fsp3) is 0.619. The molecule has 180 valence electrons. The van der Waals surface area contributed by atoms with Gasteiger partial charge in [0.15, 0.2) is 0 Å². The Balaban J connectivity index is 2.43. The minimum Gasteiger partial charge on any atom is -0.487 e. The van der Waals surface area contributed by atoms with E-state index in [1.165, 1.54) is 17.0 Å². The number of fused-ring (bicyclic) bond motifs is 1. The van der Waals surface area contributed by atoms with E-state index in [0.29, 0.717) is 12.3 Å². The summed E-state index contributed by atoms with van der Waals surface area (Å²) in [7, 11) is -1.86. The molecule has 32 heavy (non-hydrogen) atoms. The van der Waals surface area contributed by atoms with Crippen LogP contribution in [0.1, 0.15) is 38.1 Å². The summed E-state index contributed by atoms with van der Waals surface area (Å²) in [6.07, 6.45) is 0.588. The van der Waals surface area contributed by atoms with Gasteiger partial charge in [-0.15, -0.1) is 0 Å². The van der Waals surface area contributed by atoms with E-state index < -0.39 is 22.2 Å². The van der Waals surface area contributed by atoms with Crippen molar-refractivity contribution in [3.05, 3.63) is 23.8 Å². The number of ether oxygens (including phenoxy) is 1. The molecule has 0 unspecified atom stereocenters. The molecule has 0 saturated carbocycles. The molecule has 3 amide bonds. The molecule has 0 aromatic heterocycles. The lowest BCUT2D eigenvalue weighted by atomic mass is 9.99. The van der Waals surface area contributed by atoms with E-state index in [9.17, 15) is 23.1 Å². The highest BCUT2D eigenvalue weighted by molar-refractivity contribution is 7.92. The third-order valence-corrected chi connectivity index (χ3v) is 5.79. The second kappa shape index (κ2) is 10.4. The number of rotatable bonds is 7. The molecule has 0 spiro atoms. The average molecular weight is 471 g/mol. The van der Waals surface area contributed by atoms with E-state index in [1.54, 1.807) is 24.9 Å². The summed E-state index contributed by atoms with van der Waals surface area (Å²) in [5.74, 6) is -0.225. The molecule has 0 fully saturated rings. The SMILES string of the molecule is CC(C)NC(=O)N(C)C[C@H]1Oc2ccc(NS(C)(=O)=O)cc2C(=O)N([C@@H](C)CO)C[C@H]1C. The first-order valence-corrected chi connectivity index (χ1v) is 12.4. The molecule has 10 nitrogen and oxygen atoms in total. The number of carbonyl (C=O) groups is 2. The molecule has 1 heterocycles. The molecule has 2 rings (SSSR count). The summed E-state index contributed by atoms with van der Waals surface area (Å²) in [5.41, 5.74) is 0.420. The largest absolute Gasteiger partial charge is 0.487 e. The van der Waals surface area contributed by atoms with Gasteiger partial charge in [-0.3, -0.25) is 9.52 Å². The molecule has 0 aliphatic carbocycles. The summed E-state index contributed by atoms with van der Waals surface area (Å²) < 4.78 is 31.8. The van der Waals surface area contributed by atoms with Gasteiger partial charge in [-0.2, -0.15) is 0 Å². The molecule has 1 aromatic carbocycles. The van der Waals surface area contributed by atoms with E-state index in [2.05, 4.69) is 10.0 Å². The van der Waals surface area contributed by atoms with Crippen LogP contribution in [-0.2, 0) is 10.0 Å². The third kappa shape index (κ3) is 6.73. The number of anilines is 1. The van der Waals surface area contributed by atoms with Gasteiger partial charge >= 0.3 is 6.03 Å². The average Bonchev–Trinajstić information content (AvgIpc) is 2.68. The fourth-order valence-corrected chi connectivity index (χ4v) is 3.98. The van der Waals surface area contributed by atoms with Crippen LogP contribution in [-0.4, -0.2) is 86.4 Å². The summed E-state index contributed by atoms with van der Waals surface area (Å²) in [6.45, 7) is 7.76. The number of aliphatic hydroxyl groups excluding tert-OH is 1. The van der Waals surface area contributed by atoms with Crippen molar-refractivity contribution in [2.24, 2.45) is 5.92 Å². The number of nitrogens with zero attached hydrogens (tertiary/aromatic N) is 2. The van der Waals surface area contributed by atoms with Crippen LogP contribution in [0.25, 0.3) is 0 Å². The maximum Gasteiger partial charge on any atom is 0.317 e. The number of likely N-dealkylation sites (N-methyl/N-ethyl adjacent to an activating group) is 1. The van der Waals surface area contributed by atoms with Crippen LogP contribution in [0, 0.1) is 5.92 Å². The van der Waals surface area contributed by atoms with E-state index in [1.807, 2.05) is 20.8 Å². The fourth-order valence-electron chi connectivity index (χ4n) is 3.43. The Morgan fingerprint density at radius 3 is 2.56 bits per heavy atom. The molecular weight excluding hydrogens is 436 g/mol. The summed E-state index contributed by atoms with van der Waals surface area (Å²) in [4.78, 5) is 28.8. The zero-order valence-corrected chi connectivity index (χ0v) is 20.3. The van der Waals surface area contributed by atoms with Crippen molar-refractivity contribution in [3.63, 3.8) is 0 Å². The Morgan fingerprint density at radius 2 is 2.00 bits per heavy atom. The molecule has 3 N–H and O–H groups in total. The first-order valence-electron chi connectivity index (χ1n) is 10.5. The molecular formula is C21H34N4O6S. The van der Waals surface area contributed by atoms with Gasteiger partial charge in [0.1, 0.15) is 11.9 Å². The van der Waals surface area contributed by atoms with Gasteiger partial charge in [0.2, 0.25) is 10.0 Å².